The van der Waals surface area contributed by atoms with Crippen molar-refractivity contribution in [1.29, 1.82) is 0 Å². The Morgan fingerprint density at radius 1 is 1.29 bits per heavy atom. The fourth-order valence-electron chi connectivity index (χ4n) is 2.11. The smallest absolute Gasteiger partial charge is 0.0426 e. The van der Waals surface area contributed by atoms with Crippen LogP contribution in [0.5, 0.6) is 0 Å². The first-order chi connectivity index (χ1) is 8.04. The number of hydrogen-bond acceptors (Lipinski definition) is 2. The van der Waals surface area contributed by atoms with Crippen LogP contribution in [0.25, 0.3) is 0 Å². The van der Waals surface area contributed by atoms with Crippen LogP contribution in [0.2, 0.25) is 0 Å². The topological polar surface area (TPSA) is 29.3 Å². The molecule has 0 saturated heterocycles. The number of aryl methyl sites for hydroxylation is 2. The van der Waals surface area contributed by atoms with Crippen LogP contribution in [0, 0.1) is 13.8 Å². The standard InChI is InChI=1S/C15H26N2/c1-5-6-9-17(4)11-15(16)14-10-12(2)7-8-13(14)3/h7-8,10,15H,5-6,9,11,16H2,1-4H3. The summed E-state index contributed by atoms with van der Waals surface area (Å²) in [7, 11) is 2.15. The van der Waals surface area contributed by atoms with Gasteiger partial charge in [-0.15, -0.1) is 0 Å². The molecule has 1 atom stereocenters. The van der Waals surface area contributed by atoms with Gasteiger partial charge in [-0.05, 0) is 45.0 Å². The Kier molecular flexibility index (Phi) is 5.66. The van der Waals surface area contributed by atoms with Crippen LogP contribution < -0.4 is 5.73 Å². The van der Waals surface area contributed by atoms with E-state index >= 15 is 0 Å². The molecular formula is C15H26N2. The molecule has 17 heavy (non-hydrogen) atoms. The summed E-state index contributed by atoms with van der Waals surface area (Å²) < 4.78 is 0. The Bertz CT molecular complexity index is 347. The highest BCUT2D eigenvalue weighted by Gasteiger charge is 2.11. The Labute approximate surface area is 106 Å². The van der Waals surface area contributed by atoms with Crippen molar-refractivity contribution in [2.75, 3.05) is 20.1 Å². The lowest BCUT2D eigenvalue weighted by atomic mass is 9.99. The van der Waals surface area contributed by atoms with Gasteiger partial charge in [-0.1, -0.05) is 37.1 Å². The normalized spacial score (nSPS) is 13.1. The molecule has 1 unspecified atom stereocenters. The van der Waals surface area contributed by atoms with E-state index in [1.165, 1.54) is 29.5 Å². The van der Waals surface area contributed by atoms with E-state index in [0.717, 1.165) is 13.1 Å². The minimum absolute atomic E-state index is 0.122. The summed E-state index contributed by atoms with van der Waals surface area (Å²) in [5.41, 5.74) is 10.2. The SMILES string of the molecule is CCCCN(C)CC(N)c1cc(C)ccc1C. The summed E-state index contributed by atoms with van der Waals surface area (Å²) >= 11 is 0. The van der Waals surface area contributed by atoms with Gasteiger partial charge in [-0.3, -0.25) is 0 Å². The Hall–Kier alpha value is -0.860. The van der Waals surface area contributed by atoms with Crippen LogP contribution in [0.1, 0.15) is 42.5 Å². The largest absolute Gasteiger partial charge is 0.323 e. The Morgan fingerprint density at radius 3 is 2.65 bits per heavy atom. The van der Waals surface area contributed by atoms with E-state index < -0.39 is 0 Å². The predicted molar refractivity (Wildman–Crippen MR) is 75.2 cm³/mol. The molecule has 0 radical (unpaired) electrons. The summed E-state index contributed by atoms with van der Waals surface area (Å²) in [6.45, 7) is 8.55. The Morgan fingerprint density at radius 2 is 2.00 bits per heavy atom. The second kappa shape index (κ2) is 6.77. The highest BCUT2D eigenvalue weighted by atomic mass is 15.1. The van der Waals surface area contributed by atoms with E-state index in [-0.39, 0.29) is 6.04 Å². The number of nitrogens with two attached hydrogens (primary N) is 1. The lowest BCUT2D eigenvalue weighted by Gasteiger charge is -2.22. The van der Waals surface area contributed by atoms with E-state index in [1.54, 1.807) is 0 Å². The second-order valence-corrected chi connectivity index (χ2v) is 5.08. The Balaban J connectivity index is 2.62. The summed E-state index contributed by atoms with van der Waals surface area (Å²) in [5.74, 6) is 0. The first kappa shape index (κ1) is 14.2. The van der Waals surface area contributed by atoms with Crippen molar-refractivity contribution in [2.45, 2.75) is 39.7 Å². The average Bonchev–Trinajstić information content (AvgIpc) is 2.29. The average molecular weight is 234 g/mol. The van der Waals surface area contributed by atoms with Crippen LogP contribution in [0.3, 0.4) is 0 Å². The van der Waals surface area contributed by atoms with E-state index in [9.17, 15) is 0 Å². The molecule has 1 aromatic rings. The lowest BCUT2D eigenvalue weighted by Crippen LogP contribution is -2.30. The number of unbranched alkanes of at least 4 members (excludes halogenated alkanes) is 1. The number of hydrogen-bond donors (Lipinski definition) is 1. The van der Waals surface area contributed by atoms with Gasteiger partial charge in [0.05, 0.1) is 0 Å². The highest BCUT2D eigenvalue weighted by Crippen LogP contribution is 2.18. The third kappa shape index (κ3) is 4.49. The maximum atomic E-state index is 6.30. The molecular weight excluding hydrogens is 208 g/mol. The monoisotopic (exact) mass is 234 g/mol. The molecule has 0 saturated carbocycles. The molecule has 0 heterocycles. The first-order valence-corrected chi connectivity index (χ1v) is 6.56. The first-order valence-electron chi connectivity index (χ1n) is 6.56. The number of benzene rings is 1. The third-order valence-electron chi connectivity index (χ3n) is 3.24. The molecule has 0 amide bonds. The molecule has 2 N–H and O–H groups in total. The quantitative estimate of drug-likeness (QED) is 0.819. The van der Waals surface area contributed by atoms with Crippen molar-refractivity contribution < 1.29 is 0 Å². The molecule has 1 aromatic carbocycles. The molecule has 0 aliphatic carbocycles. The molecule has 0 aliphatic heterocycles. The van der Waals surface area contributed by atoms with Gasteiger partial charge in [-0.25, -0.2) is 0 Å². The predicted octanol–water partition coefficient (Wildman–Crippen LogP) is 3.04. The molecule has 1 rings (SSSR count). The molecule has 0 aromatic heterocycles. The molecule has 2 nitrogen and oxygen atoms in total. The van der Waals surface area contributed by atoms with Crippen LogP contribution in [0.15, 0.2) is 18.2 Å². The maximum Gasteiger partial charge on any atom is 0.0426 e. The fourth-order valence-corrected chi connectivity index (χ4v) is 2.11. The van der Waals surface area contributed by atoms with Gasteiger partial charge in [0.1, 0.15) is 0 Å². The highest BCUT2D eigenvalue weighted by molar-refractivity contribution is 5.32. The van der Waals surface area contributed by atoms with E-state index in [0.29, 0.717) is 0 Å². The molecule has 0 fully saturated rings. The molecule has 0 spiro atoms. The molecule has 0 bridgehead atoms. The zero-order chi connectivity index (χ0) is 12.8. The summed E-state index contributed by atoms with van der Waals surface area (Å²) in [6, 6.07) is 6.65. The zero-order valence-electron chi connectivity index (χ0n) is 11.7. The maximum absolute atomic E-state index is 6.30. The van der Waals surface area contributed by atoms with Gasteiger partial charge in [0, 0.05) is 12.6 Å². The zero-order valence-corrected chi connectivity index (χ0v) is 11.7. The molecule has 96 valence electrons. The summed E-state index contributed by atoms with van der Waals surface area (Å²) in [5, 5.41) is 0. The van der Waals surface area contributed by atoms with Gasteiger partial charge in [0.15, 0.2) is 0 Å². The van der Waals surface area contributed by atoms with E-state index in [2.05, 4.69) is 50.9 Å². The van der Waals surface area contributed by atoms with Gasteiger partial charge < -0.3 is 10.6 Å². The van der Waals surface area contributed by atoms with Gasteiger partial charge in [0.25, 0.3) is 0 Å². The molecule has 0 aliphatic rings. The van der Waals surface area contributed by atoms with Crippen molar-refractivity contribution >= 4 is 0 Å². The minimum atomic E-state index is 0.122. The van der Waals surface area contributed by atoms with Crippen molar-refractivity contribution in [3.8, 4) is 0 Å². The minimum Gasteiger partial charge on any atom is -0.323 e. The third-order valence-corrected chi connectivity index (χ3v) is 3.24. The van der Waals surface area contributed by atoms with Gasteiger partial charge in [-0.2, -0.15) is 0 Å². The van der Waals surface area contributed by atoms with Crippen molar-refractivity contribution in [3.05, 3.63) is 34.9 Å². The van der Waals surface area contributed by atoms with Crippen molar-refractivity contribution in [1.82, 2.24) is 4.90 Å². The van der Waals surface area contributed by atoms with Gasteiger partial charge in [0.2, 0.25) is 0 Å². The van der Waals surface area contributed by atoms with Crippen molar-refractivity contribution in [3.63, 3.8) is 0 Å². The summed E-state index contributed by atoms with van der Waals surface area (Å²) in [6.07, 6.45) is 2.49. The lowest BCUT2D eigenvalue weighted by molar-refractivity contribution is 0.307. The fraction of sp³-hybridized carbons (Fsp3) is 0.600. The van der Waals surface area contributed by atoms with Crippen LogP contribution in [-0.2, 0) is 0 Å². The number of rotatable bonds is 6. The van der Waals surface area contributed by atoms with E-state index in [4.69, 9.17) is 5.73 Å². The van der Waals surface area contributed by atoms with E-state index in [1.807, 2.05) is 0 Å². The number of likely N-dealkylation sites (N-methyl/N-ethyl adjacent to an activating group) is 1. The number of nitrogens with zero attached hydrogens (tertiary/aromatic N) is 1. The van der Waals surface area contributed by atoms with Crippen LogP contribution in [0.4, 0.5) is 0 Å². The van der Waals surface area contributed by atoms with Crippen LogP contribution >= 0.6 is 0 Å². The second-order valence-electron chi connectivity index (χ2n) is 5.08. The van der Waals surface area contributed by atoms with Gasteiger partial charge >= 0.3 is 0 Å². The van der Waals surface area contributed by atoms with Crippen molar-refractivity contribution in [2.24, 2.45) is 5.73 Å². The molecule has 2 heteroatoms. The summed E-state index contributed by atoms with van der Waals surface area (Å²) in [4.78, 5) is 2.33. The van der Waals surface area contributed by atoms with Crippen LogP contribution in [-0.4, -0.2) is 25.0 Å².